The number of nitrogens with one attached hydrogen (secondary N) is 1. The van der Waals surface area contributed by atoms with Crippen LogP contribution in [0, 0.1) is 0 Å². The number of benzene rings is 1. The van der Waals surface area contributed by atoms with E-state index in [1.807, 2.05) is 18.0 Å². The van der Waals surface area contributed by atoms with Crippen LogP contribution in [0.3, 0.4) is 0 Å². The van der Waals surface area contributed by atoms with Crippen molar-refractivity contribution < 1.29 is 0 Å². The number of hydrogen-bond donors (Lipinski definition) is 1. The van der Waals surface area contributed by atoms with Crippen LogP contribution in [0.25, 0.3) is 0 Å². The summed E-state index contributed by atoms with van der Waals surface area (Å²) in [5.74, 6) is 0.873. The molecule has 0 radical (unpaired) electrons. The van der Waals surface area contributed by atoms with Crippen molar-refractivity contribution in [2.45, 2.75) is 49.7 Å². The average Bonchev–Trinajstić information content (AvgIpc) is 2.85. The lowest BCUT2D eigenvalue weighted by atomic mass is 10.0. The summed E-state index contributed by atoms with van der Waals surface area (Å²) >= 11 is 8.33. The highest BCUT2D eigenvalue weighted by Gasteiger charge is 2.15. The van der Waals surface area contributed by atoms with Gasteiger partial charge in [-0.05, 0) is 67.6 Å². The molecule has 1 N–H and O–H groups in total. The standard InChI is InChI=1S/C20H25ClN2S.ClH/c1-2-3-4-15-5-7-17(23-13-15)14-24-20-18-10-12-22-11-9-16(18)6-8-19(20)21;/h5-8,13,22H,2-4,9-12,14H2,1H3;1H. The van der Waals surface area contributed by atoms with Gasteiger partial charge in [0.05, 0.1) is 10.7 Å². The van der Waals surface area contributed by atoms with Crippen LogP contribution in [0.1, 0.15) is 42.1 Å². The maximum atomic E-state index is 6.50. The summed E-state index contributed by atoms with van der Waals surface area (Å²) in [6.45, 7) is 4.31. The van der Waals surface area contributed by atoms with E-state index in [1.165, 1.54) is 34.4 Å². The van der Waals surface area contributed by atoms with Crippen LogP contribution in [0.4, 0.5) is 0 Å². The third kappa shape index (κ3) is 5.62. The van der Waals surface area contributed by atoms with Crippen molar-refractivity contribution in [3.8, 4) is 0 Å². The molecule has 1 aliphatic rings. The molecular formula is C20H26Cl2N2S. The molecule has 1 aliphatic heterocycles. The summed E-state index contributed by atoms with van der Waals surface area (Å²) in [4.78, 5) is 5.88. The van der Waals surface area contributed by atoms with Crippen LogP contribution in [-0.4, -0.2) is 18.1 Å². The Balaban J connectivity index is 0.00000225. The number of aromatic nitrogens is 1. The van der Waals surface area contributed by atoms with Gasteiger partial charge < -0.3 is 5.32 Å². The fourth-order valence-corrected chi connectivity index (χ4v) is 4.50. The quantitative estimate of drug-likeness (QED) is 0.654. The van der Waals surface area contributed by atoms with Crippen molar-refractivity contribution in [2.75, 3.05) is 13.1 Å². The highest BCUT2D eigenvalue weighted by atomic mass is 35.5. The summed E-state index contributed by atoms with van der Waals surface area (Å²) in [6, 6.07) is 8.62. The molecule has 0 aliphatic carbocycles. The van der Waals surface area contributed by atoms with E-state index in [4.69, 9.17) is 11.6 Å². The maximum Gasteiger partial charge on any atom is 0.0544 e. The maximum absolute atomic E-state index is 6.50. The lowest BCUT2D eigenvalue weighted by molar-refractivity contribution is 0.709. The molecule has 2 aromatic rings. The number of halogens is 2. The van der Waals surface area contributed by atoms with Gasteiger partial charge in [-0.15, -0.1) is 24.2 Å². The Kier molecular flexibility index (Phi) is 8.57. The van der Waals surface area contributed by atoms with Crippen LogP contribution in [0.2, 0.25) is 5.02 Å². The van der Waals surface area contributed by atoms with E-state index in [0.717, 1.165) is 48.8 Å². The number of pyridine rings is 1. The number of fused-ring (bicyclic) bond motifs is 1. The molecule has 3 rings (SSSR count). The van der Waals surface area contributed by atoms with E-state index >= 15 is 0 Å². The fourth-order valence-electron chi connectivity index (χ4n) is 3.08. The molecule has 0 saturated carbocycles. The highest BCUT2D eigenvalue weighted by molar-refractivity contribution is 7.98. The van der Waals surface area contributed by atoms with Crippen molar-refractivity contribution in [1.82, 2.24) is 10.3 Å². The number of hydrogen-bond acceptors (Lipinski definition) is 3. The van der Waals surface area contributed by atoms with Gasteiger partial charge in [-0.2, -0.15) is 0 Å². The zero-order chi connectivity index (χ0) is 16.8. The second kappa shape index (κ2) is 10.4. The molecule has 2 heterocycles. The fraction of sp³-hybridized carbons (Fsp3) is 0.450. The summed E-state index contributed by atoms with van der Waals surface area (Å²) in [5.41, 5.74) is 5.33. The molecular weight excluding hydrogens is 371 g/mol. The van der Waals surface area contributed by atoms with Crippen molar-refractivity contribution in [3.63, 3.8) is 0 Å². The first-order chi connectivity index (χ1) is 11.8. The van der Waals surface area contributed by atoms with Gasteiger partial charge in [0, 0.05) is 16.8 Å². The minimum atomic E-state index is 0. The molecule has 136 valence electrons. The summed E-state index contributed by atoms with van der Waals surface area (Å²) in [6.07, 6.45) is 7.76. The van der Waals surface area contributed by atoms with E-state index in [9.17, 15) is 0 Å². The van der Waals surface area contributed by atoms with Gasteiger partial charge >= 0.3 is 0 Å². The zero-order valence-electron chi connectivity index (χ0n) is 14.7. The number of rotatable bonds is 6. The Bertz CT molecular complexity index is 674. The smallest absolute Gasteiger partial charge is 0.0544 e. The number of nitrogens with zero attached hydrogens (tertiary/aromatic N) is 1. The zero-order valence-corrected chi connectivity index (χ0v) is 17.1. The van der Waals surface area contributed by atoms with Gasteiger partial charge in [0.15, 0.2) is 0 Å². The normalized spacial score (nSPS) is 13.7. The van der Waals surface area contributed by atoms with Crippen molar-refractivity contribution >= 4 is 35.8 Å². The van der Waals surface area contributed by atoms with Crippen LogP contribution in [-0.2, 0) is 25.0 Å². The molecule has 5 heteroatoms. The molecule has 0 fully saturated rings. The predicted molar refractivity (Wildman–Crippen MR) is 111 cm³/mol. The third-order valence-electron chi connectivity index (χ3n) is 4.50. The van der Waals surface area contributed by atoms with Gasteiger partial charge in [0.2, 0.25) is 0 Å². The first kappa shape index (κ1) is 20.6. The lowest BCUT2D eigenvalue weighted by Crippen LogP contribution is -2.16. The topological polar surface area (TPSA) is 24.9 Å². The molecule has 0 spiro atoms. The second-order valence-corrected chi connectivity index (χ2v) is 7.71. The average molecular weight is 397 g/mol. The van der Waals surface area contributed by atoms with Crippen molar-refractivity contribution in [3.05, 3.63) is 57.9 Å². The minimum absolute atomic E-state index is 0. The Morgan fingerprint density at radius 1 is 1.16 bits per heavy atom. The number of aryl methyl sites for hydroxylation is 1. The Morgan fingerprint density at radius 3 is 2.76 bits per heavy atom. The molecule has 1 aromatic heterocycles. The number of unbranched alkanes of at least 4 members (excludes halogenated alkanes) is 1. The van der Waals surface area contributed by atoms with E-state index < -0.39 is 0 Å². The lowest BCUT2D eigenvalue weighted by Gasteiger charge is -2.13. The van der Waals surface area contributed by atoms with Crippen molar-refractivity contribution in [1.29, 1.82) is 0 Å². The molecule has 0 saturated heterocycles. The molecule has 1 aromatic carbocycles. The number of thioether (sulfide) groups is 1. The second-order valence-electron chi connectivity index (χ2n) is 6.31. The van der Waals surface area contributed by atoms with Crippen molar-refractivity contribution in [2.24, 2.45) is 0 Å². The Labute approximate surface area is 166 Å². The Hall–Kier alpha value is -0.740. The van der Waals surface area contributed by atoms with Crippen LogP contribution in [0.5, 0.6) is 0 Å². The van der Waals surface area contributed by atoms with E-state index in [-0.39, 0.29) is 12.4 Å². The molecule has 0 bridgehead atoms. The Morgan fingerprint density at radius 2 is 2.00 bits per heavy atom. The van der Waals surface area contributed by atoms with E-state index in [2.05, 4.69) is 41.5 Å². The summed E-state index contributed by atoms with van der Waals surface area (Å²) in [7, 11) is 0. The largest absolute Gasteiger partial charge is 0.316 e. The molecule has 0 atom stereocenters. The molecule has 25 heavy (non-hydrogen) atoms. The van der Waals surface area contributed by atoms with Crippen LogP contribution < -0.4 is 5.32 Å². The SMILES string of the molecule is CCCCc1ccc(CSc2c(Cl)ccc3c2CCNCC3)nc1.Cl. The van der Waals surface area contributed by atoms with Gasteiger partial charge in [0.1, 0.15) is 0 Å². The molecule has 0 amide bonds. The van der Waals surface area contributed by atoms with Crippen LogP contribution in [0.15, 0.2) is 35.4 Å². The van der Waals surface area contributed by atoms with Gasteiger partial charge in [-0.1, -0.05) is 37.1 Å². The first-order valence-corrected chi connectivity index (χ1v) is 10.2. The van der Waals surface area contributed by atoms with Gasteiger partial charge in [-0.25, -0.2) is 0 Å². The van der Waals surface area contributed by atoms with Gasteiger partial charge in [0.25, 0.3) is 0 Å². The van der Waals surface area contributed by atoms with E-state index in [0.29, 0.717) is 0 Å². The summed E-state index contributed by atoms with van der Waals surface area (Å²) < 4.78 is 0. The highest BCUT2D eigenvalue weighted by Crippen LogP contribution is 2.35. The monoisotopic (exact) mass is 396 g/mol. The predicted octanol–water partition coefficient (Wildman–Crippen LogP) is 5.48. The minimum Gasteiger partial charge on any atom is -0.316 e. The summed E-state index contributed by atoms with van der Waals surface area (Å²) in [5, 5.41) is 4.35. The first-order valence-electron chi connectivity index (χ1n) is 8.85. The third-order valence-corrected chi connectivity index (χ3v) is 6.12. The van der Waals surface area contributed by atoms with Gasteiger partial charge in [-0.3, -0.25) is 4.98 Å². The van der Waals surface area contributed by atoms with E-state index in [1.54, 1.807) is 0 Å². The molecule has 0 unspecified atom stereocenters. The molecule has 2 nitrogen and oxygen atoms in total. The van der Waals surface area contributed by atoms with Crippen LogP contribution >= 0.6 is 35.8 Å².